The van der Waals surface area contributed by atoms with Crippen LogP contribution in [0.4, 0.5) is 0 Å². The lowest BCUT2D eigenvalue weighted by Crippen LogP contribution is -2.42. The average molecular weight is 422 g/mol. The second-order valence-electron chi connectivity index (χ2n) is 7.49. The zero-order chi connectivity index (χ0) is 20.3. The first-order valence-corrected chi connectivity index (χ1v) is 11.1. The Morgan fingerprint density at radius 2 is 1.77 bits per heavy atom. The standard InChI is InChI=1S/C22H23N5O2S/c28-21(26-12-14-29-15-13-26)19(16-4-2-1-3-5-16)30-22-25-24-20(27(22)18-6-7-18)17-8-10-23-11-9-17/h1-5,8-11,18-19H,6-7,12-15H2. The fraction of sp³-hybridized carbons (Fsp3) is 0.364. The van der Waals surface area contributed by atoms with Gasteiger partial charge in [0.2, 0.25) is 5.91 Å². The number of hydrogen-bond donors (Lipinski definition) is 0. The molecule has 0 spiro atoms. The SMILES string of the molecule is O=C(C(Sc1nnc(-c2ccncc2)n1C1CC1)c1ccccc1)N1CCOCC1. The van der Waals surface area contributed by atoms with Gasteiger partial charge in [0.15, 0.2) is 11.0 Å². The summed E-state index contributed by atoms with van der Waals surface area (Å²) in [7, 11) is 0. The van der Waals surface area contributed by atoms with Gasteiger partial charge in [0.05, 0.1) is 13.2 Å². The molecule has 2 aromatic heterocycles. The molecule has 0 N–H and O–H groups in total. The molecular weight excluding hydrogens is 398 g/mol. The maximum absolute atomic E-state index is 13.5. The van der Waals surface area contributed by atoms with Crippen LogP contribution in [0.15, 0.2) is 60.0 Å². The molecule has 1 saturated heterocycles. The number of carbonyl (C=O) groups excluding carboxylic acids is 1. The van der Waals surface area contributed by atoms with Crippen LogP contribution < -0.4 is 0 Å². The molecule has 30 heavy (non-hydrogen) atoms. The molecule has 1 aliphatic carbocycles. The lowest BCUT2D eigenvalue weighted by atomic mass is 10.1. The number of amides is 1. The lowest BCUT2D eigenvalue weighted by molar-refractivity contribution is -0.134. The molecular formula is C22H23N5O2S. The Balaban J connectivity index is 1.49. The minimum atomic E-state index is -0.365. The first-order valence-electron chi connectivity index (χ1n) is 10.2. The summed E-state index contributed by atoms with van der Waals surface area (Å²) in [5, 5.41) is 9.42. The molecule has 154 valence electrons. The van der Waals surface area contributed by atoms with Gasteiger partial charge in [0, 0.05) is 37.1 Å². The Bertz CT molecular complexity index is 1000. The quantitative estimate of drug-likeness (QED) is 0.568. The molecule has 1 aromatic carbocycles. The number of benzene rings is 1. The molecule has 2 fully saturated rings. The van der Waals surface area contributed by atoms with Gasteiger partial charge < -0.3 is 9.64 Å². The second-order valence-corrected chi connectivity index (χ2v) is 8.56. The van der Waals surface area contributed by atoms with E-state index in [-0.39, 0.29) is 11.2 Å². The Morgan fingerprint density at radius 1 is 1.03 bits per heavy atom. The third-order valence-electron chi connectivity index (χ3n) is 5.39. The number of hydrogen-bond acceptors (Lipinski definition) is 6. The van der Waals surface area contributed by atoms with Gasteiger partial charge in [-0.1, -0.05) is 42.1 Å². The van der Waals surface area contributed by atoms with Crippen molar-refractivity contribution in [2.24, 2.45) is 0 Å². The summed E-state index contributed by atoms with van der Waals surface area (Å²) in [6.07, 6.45) is 5.75. The van der Waals surface area contributed by atoms with Crippen molar-refractivity contribution < 1.29 is 9.53 Å². The van der Waals surface area contributed by atoms with Gasteiger partial charge in [0.25, 0.3) is 0 Å². The molecule has 3 aromatic rings. The monoisotopic (exact) mass is 421 g/mol. The minimum absolute atomic E-state index is 0.102. The Labute approximate surface area is 179 Å². The number of thioether (sulfide) groups is 1. The van der Waals surface area contributed by atoms with Crippen LogP contribution in [0.3, 0.4) is 0 Å². The summed E-state index contributed by atoms with van der Waals surface area (Å²) in [4.78, 5) is 19.5. The van der Waals surface area contributed by atoms with E-state index in [1.807, 2.05) is 47.4 Å². The Morgan fingerprint density at radius 3 is 2.47 bits per heavy atom. The summed E-state index contributed by atoms with van der Waals surface area (Å²) < 4.78 is 7.63. The van der Waals surface area contributed by atoms with Crippen LogP contribution in [0.2, 0.25) is 0 Å². The Hall–Kier alpha value is -2.71. The molecule has 1 saturated carbocycles. The van der Waals surface area contributed by atoms with E-state index in [0.717, 1.165) is 34.9 Å². The molecule has 0 radical (unpaired) electrons. The predicted octanol–water partition coefficient (Wildman–Crippen LogP) is 3.37. The number of ether oxygens (including phenoxy) is 1. The van der Waals surface area contributed by atoms with Crippen molar-refractivity contribution >= 4 is 17.7 Å². The summed E-state index contributed by atoms with van der Waals surface area (Å²) in [5.74, 6) is 0.943. The van der Waals surface area contributed by atoms with Crippen LogP contribution >= 0.6 is 11.8 Å². The van der Waals surface area contributed by atoms with Crippen LogP contribution in [-0.2, 0) is 9.53 Å². The largest absolute Gasteiger partial charge is 0.378 e. The minimum Gasteiger partial charge on any atom is -0.378 e. The molecule has 2 aliphatic rings. The van der Waals surface area contributed by atoms with E-state index < -0.39 is 0 Å². The number of carbonyl (C=O) groups is 1. The van der Waals surface area contributed by atoms with Gasteiger partial charge in [-0.2, -0.15) is 0 Å². The van der Waals surface area contributed by atoms with Crippen molar-refractivity contribution in [2.75, 3.05) is 26.3 Å². The van der Waals surface area contributed by atoms with Crippen LogP contribution in [0.1, 0.15) is 29.7 Å². The molecule has 0 bridgehead atoms. The first kappa shape index (κ1) is 19.3. The van der Waals surface area contributed by atoms with Crippen molar-refractivity contribution in [3.8, 4) is 11.4 Å². The van der Waals surface area contributed by atoms with E-state index in [9.17, 15) is 4.79 Å². The lowest BCUT2D eigenvalue weighted by Gasteiger charge is -2.30. The predicted molar refractivity (Wildman–Crippen MR) is 114 cm³/mol. The molecule has 3 heterocycles. The van der Waals surface area contributed by atoms with Gasteiger partial charge in [-0.05, 0) is 30.5 Å². The van der Waals surface area contributed by atoms with Crippen LogP contribution in [-0.4, -0.2) is 56.9 Å². The van der Waals surface area contributed by atoms with Gasteiger partial charge in [0.1, 0.15) is 5.25 Å². The number of morpholine rings is 1. The van der Waals surface area contributed by atoms with Crippen LogP contribution in [0, 0.1) is 0 Å². The zero-order valence-corrected chi connectivity index (χ0v) is 17.4. The smallest absolute Gasteiger partial charge is 0.240 e. The van der Waals surface area contributed by atoms with Gasteiger partial charge in [-0.15, -0.1) is 10.2 Å². The highest BCUT2D eigenvalue weighted by Gasteiger charge is 2.34. The summed E-state index contributed by atoms with van der Waals surface area (Å²) in [5.41, 5.74) is 1.97. The molecule has 8 heteroatoms. The molecule has 1 amide bonds. The highest BCUT2D eigenvalue weighted by molar-refractivity contribution is 8.00. The third kappa shape index (κ3) is 3.97. The van der Waals surface area contributed by atoms with Crippen LogP contribution in [0.5, 0.6) is 0 Å². The third-order valence-corrected chi connectivity index (χ3v) is 6.59. The Kier molecular flexibility index (Phi) is 5.50. The van der Waals surface area contributed by atoms with Crippen molar-refractivity contribution in [2.45, 2.75) is 29.3 Å². The average Bonchev–Trinajstić information content (AvgIpc) is 3.58. The zero-order valence-electron chi connectivity index (χ0n) is 16.6. The van der Waals surface area contributed by atoms with Crippen molar-refractivity contribution in [1.29, 1.82) is 0 Å². The second kappa shape index (κ2) is 8.57. The van der Waals surface area contributed by atoms with E-state index in [1.165, 1.54) is 11.8 Å². The van der Waals surface area contributed by atoms with E-state index in [4.69, 9.17) is 4.74 Å². The topological polar surface area (TPSA) is 73.1 Å². The molecule has 1 aliphatic heterocycles. The van der Waals surface area contributed by atoms with Crippen molar-refractivity contribution in [3.05, 3.63) is 60.4 Å². The normalized spacial score (nSPS) is 17.7. The highest BCUT2D eigenvalue weighted by Crippen LogP contribution is 2.44. The fourth-order valence-corrected chi connectivity index (χ4v) is 4.85. The van der Waals surface area contributed by atoms with Crippen LogP contribution in [0.25, 0.3) is 11.4 Å². The number of rotatable bonds is 6. The molecule has 1 unspecified atom stereocenters. The first-order chi connectivity index (χ1) is 14.8. The van der Waals surface area contributed by atoms with E-state index in [1.54, 1.807) is 12.4 Å². The highest BCUT2D eigenvalue weighted by atomic mass is 32.2. The van der Waals surface area contributed by atoms with Gasteiger partial charge in [-0.3, -0.25) is 14.3 Å². The summed E-state index contributed by atoms with van der Waals surface area (Å²) in [6, 6.07) is 14.2. The van der Waals surface area contributed by atoms with Gasteiger partial charge >= 0.3 is 0 Å². The fourth-order valence-electron chi connectivity index (χ4n) is 3.66. The number of nitrogens with zero attached hydrogens (tertiary/aromatic N) is 5. The van der Waals surface area contributed by atoms with Gasteiger partial charge in [-0.25, -0.2) is 0 Å². The molecule has 1 atom stereocenters. The maximum atomic E-state index is 13.5. The summed E-state index contributed by atoms with van der Waals surface area (Å²) in [6.45, 7) is 2.42. The number of aromatic nitrogens is 4. The molecule has 5 rings (SSSR count). The van der Waals surface area contributed by atoms with Crippen molar-refractivity contribution in [1.82, 2.24) is 24.6 Å². The van der Waals surface area contributed by atoms with E-state index in [2.05, 4.69) is 19.7 Å². The van der Waals surface area contributed by atoms with E-state index >= 15 is 0 Å². The number of pyridine rings is 1. The van der Waals surface area contributed by atoms with Crippen molar-refractivity contribution in [3.63, 3.8) is 0 Å². The maximum Gasteiger partial charge on any atom is 0.240 e. The van der Waals surface area contributed by atoms with E-state index in [0.29, 0.717) is 32.3 Å². The summed E-state index contributed by atoms with van der Waals surface area (Å²) >= 11 is 1.50. The molecule has 7 nitrogen and oxygen atoms in total.